The van der Waals surface area contributed by atoms with Crippen LogP contribution in [0.2, 0.25) is 0 Å². The number of hydrogen-bond donors (Lipinski definition) is 1. The Morgan fingerprint density at radius 1 is 1.12 bits per heavy atom. The number of nitrogens with one attached hydrogen (secondary N) is 1. The lowest BCUT2D eigenvalue weighted by atomic mass is 10.1. The van der Waals surface area contributed by atoms with Crippen molar-refractivity contribution in [3.63, 3.8) is 0 Å². The van der Waals surface area contributed by atoms with Gasteiger partial charge in [-0.1, -0.05) is 17.7 Å². The van der Waals surface area contributed by atoms with Gasteiger partial charge in [-0.3, -0.25) is 4.79 Å². The summed E-state index contributed by atoms with van der Waals surface area (Å²) in [6.45, 7) is 1.83. The van der Waals surface area contributed by atoms with Gasteiger partial charge in [0.1, 0.15) is 22.4 Å². The fourth-order valence-corrected chi connectivity index (χ4v) is 4.42. The molecule has 0 fully saturated rings. The molecule has 0 aliphatic carbocycles. The van der Waals surface area contributed by atoms with E-state index in [0.29, 0.717) is 11.3 Å². The number of halogens is 2. The zero-order chi connectivity index (χ0) is 24.9. The third-order valence-corrected chi connectivity index (χ3v) is 6.36. The maximum atomic E-state index is 13.1. The first-order valence-corrected chi connectivity index (χ1v) is 11.9. The second kappa shape index (κ2) is 10.5. The van der Waals surface area contributed by atoms with Gasteiger partial charge >= 0.3 is 10.1 Å². The lowest BCUT2D eigenvalue weighted by Crippen LogP contribution is -2.13. The highest BCUT2D eigenvalue weighted by atomic mass is 79.9. The summed E-state index contributed by atoms with van der Waals surface area (Å²) in [5.41, 5.74) is 1.34. The van der Waals surface area contributed by atoms with Crippen LogP contribution in [-0.2, 0) is 14.9 Å². The van der Waals surface area contributed by atoms with Crippen molar-refractivity contribution in [2.75, 3.05) is 12.4 Å². The quantitative estimate of drug-likeness (QED) is 0.248. The van der Waals surface area contributed by atoms with E-state index >= 15 is 0 Å². The van der Waals surface area contributed by atoms with E-state index in [0.717, 1.165) is 5.56 Å². The summed E-state index contributed by atoms with van der Waals surface area (Å²) in [5.74, 6) is -1.19. The van der Waals surface area contributed by atoms with Gasteiger partial charge < -0.3 is 14.2 Å². The minimum atomic E-state index is -4.15. The SMILES string of the molecule is COc1cc(/C=C(\C#N)C(=O)Nc2ccc(F)cc2)cc(Br)c1OS(=O)(=O)c1ccc(C)cc1. The number of methoxy groups -OCH3 is 1. The van der Waals surface area contributed by atoms with Gasteiger partial charge in [0.15, 0.2) is 11.5 Å². The summed E-state index contributed by atoms with van der Waals surface area (Å²) >= 11 is 3.27. The molecule has 0 atom stereocenters. The molecule has 3 aromatic carbocycles. The number of hydrogen-bond acceptors (Lipinski definition) is 6. The lowest BCUT2D eigenvalue weighted by molar-refractivity contribution is -0.112. The van der Waals surface area contributed by atoms with Crippen LogP contribution < -0.4 is 14.2 Å². The molecule has 1 amide bonds. The van der Waals surface area contributed by atoms with Crippen molar-refractivity contribution in [2.24, 2.45) is 0 Å². The molecule has 0 saturated heterocycles. The topological polar surface area (TPSA) is 105 Å². The summed E-state index contributed by atoms with van der Waals surface area (Å²) in [4.78, 5) is 12.4. The third-order valence-electron chi connectivity index (χ3n) is 4.53. The Kier molecular flexibility index (Phi) is 7.71. The summed E-state index contributed by atoms with van der Waals surface area (Å²) in [5, 5.41) is 11.9. The normalized spacial score (nSPS) is 11.4. The van der Waals surface area contributed by atoms with Gasteiger partial charge in [0.25, 0.3) is 5.91 Å². The van der Waals surface area contributed by atoms with Crippen LogP contribution >= 0.6 is 15.9 Å². The number of carbonyl (C=O) groups is 1. The molecule has 0 radical (unpaired) electrons. The number of nitrogens with zero attached hydrogens (tertiary/aromatic N) is 1. The molecule has 1 N–H and O–H groups in total. The first kappa shape index (κ1) is 25.0. The van der Waals surface area contributed by atoms with E-state index in [1.807, 2.05) is 13.0 Å². The molecule has 0 spiro atoms. The van der Waals surface area contributed by atoms with E-state index in [-0.39, 0.29) is 26.4 Å². The predicted octanol–water partition coefficient (Wildman–Crippen LogP) is 5.22. The Hall–Kier alpha value is -3.68. The van der Waals surface area contributed by atoms with Crippen LogP contribution in [0.3, 0.4) is 0 Å². The maximum absolute atomic E-state index is 13.1. The van der Waals surface area contributed by atoms with Crippen LogP contribution in [0, 0.1) is 24.1 Å². The molecule has 34 heavy (non-hydrogen) atoms. The summed E-state index contributed by atoms with van der Waals surface area (Å²) in [6, 6.07) is 16.0. The van der Waals surface area contributed by atoms with Gasteiger partial charge in [-0.05, 0) is 83.0 Å². The molecule has 7 nitrogen and oxygen atoms in total. The minimum absolute atomic E-state index is 0.0275. The van der Waals surface area contributed by atoms with Gasteiger partial charge in [-0.15, -0.1) is 0 Å². The molecule has 0 aromatic heterocycles. The smallest absolute Gasteiger partial charge is 0.339 e. The van der Waals surface area contributed by atoms with E-state index in [1.165, 1.54) is 61.7 Å². The van der Waals surface area contributed by atoms with Gasteiger partial charge in [-0.25, -0.2) is 4.39 Å². The molecule has 0 aliphatic rings. The Morgan fingerprint density at radius 3 is 2.35 bits per heavy atom. The zero-order valence-corrected chi connectivity index (χ0v) is 20.4. The molecule has 0 bridgehead atoms. The molecule has 0 unspecified atom stereocenters. The number of aryl methyl sites for hydroxylation is 1. The van der Waals surface area contributed by atoms with E-state index in [4.69, 9.17) is 8.92 Å². The van der Waals surface area contributed by atoms with Gasteiger partial charge in [0, 0.05) is 5.69 Å². The van der Waals surface area contributed by atoms with Crippen LogP contribution in [0.25, 0.3) is 6.08 Å². The average molecular weight is 545 g/mol. The van der Waals surface area contributed by atoms with Gasteiger partial charge in [0.2, 0.25) is 0 Å². The van der Waals surface area contributed by atoms with Crippen molar-refractivity contribution in [1.82, 2.24) is 0 Å². The first-order chi connectivity index (χ1) is 16.1. The Morgan fingerprint density at radius 2 is 1.76 bits per heavy atom. The average Bonchev–Trinajstić information content (AvgIpc) is 2.80. The highest BCUT2D eigenvalue weighted by molar-refractivity contribution is 9.10. The molecular formula is C24H18BrFN2O5S. The van der Waals surface area contributed by atoms with Crippen molar-refractivity contribution in [1.29, 1.82) is 5.26 Å². The first-order valence-electron chi connectivity index (χ1n) is 9.70. The lowest BCUT2D eigenvalue weighted by Gasteiger charge is -2.14. The molecule has 3 aromatic rings. The standard InChI is InChI=1S/C24H18BrFN2O5S/c1-15-3-9-20(10-4-15)34(30,31)33-23-21(25)12-16(13-22(23)32-2)11-17(14-27)24(29)28-19-7-5-18(26)6-8-19/h3-13H,1-2H3,(H,28,29)/b17-11+. The number of rotatable bonds is 7. The molecule has 0 saturated carbocycles. The van der Waals surface area contributed by atoms with Crippen molar-refractivity contribution >= 4 is 43.7 Å². The fourth-order valence-electron chi connectivity index (χ4n) is 2.81. The van der Waals surface area contributed by atoms with Crippen molar-refractivity contribution < 1.29 is 26.5 Å². The van der Waals surface area contributed by atoms with Crippen LogP contribution in [0.5, 0.6) is 11.5 Å². The molecule has 3 rings (SSSR count). The van der Waals surface area contributed by atoms with E-state index in [9.17, 15) is 22.9 Å². The van der Waals surface area contributed by atoms with Crippen LogP contribution in [0.15, 0.2) is 75.6 Å². The number of amides is 1. The van der Waals surface area contributed by atoms with Crippen LogP contribution in [0.4, 0.5) is 10.1 Å². The second-order valence-electron chi connectivity index (χ2n) is 7.02. The number of carbonyl (C=O) groups excluding carboxylic acids is 1. The van der Waals surface area contributed by atoms with Crippen molar-refractivity contribution in [3.8, 4) is 17.6 Å². The number of anilines is 1. The fraction of sp³-hybridized carbons (Fsp3) is 0.0833. The Labute approximate surface area is 204 Å². The summed E-state index contributed by atoms with van der Waals surface area (Å²) in [6.07, 6.45) is 1.30. The van der Waals surface area contributed by atoms with E-state index in [1.54, 1.807) is 12.1 Å². The van der Waals surface area contributed by atoms with Gasteiger partial charge in [-0.2, -0.15) is 13.7 Å². The van der Waals surface area contributed by atoms with Gasteiger partial charge in [0.05, 0.1) is 11.6 Å². The maximum Gasteiger partial charge on any atom is 0.339 e. The highest BCUT2D eigenvalue weighted by Crippen LogP contribution is 2.39. The molecular weight excluding hydrogens is 527 g/mol. The third kappa shape index (κ3) is 6.01. The van der Waals surface area contributed by atoms with Crippen molar-refractivity contribution in [2.45, 2.75) is 11.8 Å². The Bertz CT molecular complexity index is 1400. The monoisotopic (exact) mass is 544 g/mol. The molecule has 0 aliphatic heterocycles. The predicted molar refractivity (Wildman–Crippen MR) is 128 cm³/mol. The summed E-state index contributed by atoms with van der Waals surface area (Å²) < 4.78 is 49.3. The van der Waals surface area contributed by atoms with E-state index in [2.05, 4.69) is 21.2 Å². The molecule has 174 valence electrons. The van der Waals surface area contributed by atoms with Crippen molar-refractivity contribution in [3.05, 3.63) is 87.7 Å². The molecule has 0 heterocycles. The minimum Gasteiger partial charge on any atom is -0.493 e. The summed E-state index contributed by atoms with van der Waals surface area (Å²) in [7, 11) is -2.82. The van der Waals surface area contributed by atoms with Crippen LogP contribution in [-0.4, -0.2) is 21.4 Å². The Balaban J connectivity index is 1.90. The zero-order valence-electron chi connectivity index (χ0n) is 18.0. The number of ether oxygens (including phenoxy) is 1. The van der Waals surface area contributed by atoms with Crippen LogP contribution in [0.1, 0.15) is 11.1 Å². The second-order valence-corrected chi connectivity index (χ2v) is 9.42. The number of benzene rings is 3. The molecule has 10 heteroatoms. The van der Waals surface area contributed by atoms with E-state index < -0.39 is 21.8 Å². The highest BCUT2D eigenvalue weighted by Gasteiger charge is 2.22. The largest absolute Gasteiger partial charge is 0.493 e. The number of nitriles is 1.